The first-order valence-electron chi connectivity index (χ1n) is 8.31. The van der Waals surface area contributed by atoms with Crippen LogP contribution in [-0.2, 0) is 11.4 Å². The summed E-state index contributed by atoms with van der Waals surface area (Å²) in [5.41, 5.74) is 0.678. The number of carboxylic acid groups (broad SMARTS) is 1. The highest BCUT2D eigenvalue weighted by Crippen LogP contribution is 2.34. The van der Waals surface area contributed by atoms with E-state index in [0.29, 0.717) is 34.3 Å². The van der Waals surface area contributed by atoms with Gasteiger partial charge in [-0.2, -0.15) is 0 Å². The lowest BCUT2D eigenvalue weighted by Crippen LogP contribution is -2.27. The van der Waals surface area contributed by atoms with Gasteiger partial charge in [0.15, 0.2) is 11.5 Å². The van der Waals surface area contributed by atoms with E-state index in [1.807, 2.05) is 0 Å². The number of imide groups is 1. The summed E-state index contributed by atoms with van der Waals surface area (Å²) in [6.07, 6.45) is 1.62. The minimum absolute atomic E-state index is 0.0262. The molecule has 0 aliphatic carbocycles. The number of furan rings is 1. The van der Waals surface area contributed by atoms with Gasteiger partial charge in [-0.1, -0.05) is 6.07 Å². The molecule has 0 spiro atoms. The van der Waals surface area contributed by atoms with E-state index < -0.39 is 5.97 Å². The Morgan fingerprint density at radius 2 is 2.04 bits per heavy atom. The predicted molar refractivity (Wildman–Crippen MR) is 101 cm³/mol. The number of likely N-dealkylation sites (N-methyl/N-ethyl adjacent to an activating group) is 1. The first kappa shape index (κ1) is 19.6. The molecule has 0 saturated carbocycles. The number of methoxy groups -OCH3 is 1. The van der Waals surface area contributed by atoms with E-state index in [2.05, 4.69) is 0 Å². The highest BCUT2D eigenvalue weighted by molar-refractivity contribution is 8.18. The van der Waals surface area contributed by atoms with Crippen LogP contribution in [0.1, 0.15) is 28.8 Å². The molecule has 0 unspecified atom stereocenters. The molecule has 1 aliphatic rings. The van der Waals surface area contributed by atoms with Crippen molar-refractivity contribution in [1.82, 2.24) is 4.90 Å². The monoisotopic (exact) mass is 403 g/mol. The summed E-state index contributed by atoms with van der Waals surface area (Å²) in [5, 5.41) is 8.58. The summed E-state index contributed by atoms with van der Waals surface area (Å²) in [4.78, 5) is 36.4. The summed E-state index contributed by atoms with van der Waals surface area (Å²) in [6, 6.07) is 7.94. The van der Waals surface area contributed by atoms with E-state index in [-0.39, 0.29) is 23.5 Å². The lowest BCUT2D eigenvalue weighted by atomic mass is 10.2. The van der Waals surface area contributed by atoms with Crippen molar-refractivity contribution in [3.05, 3.63) is 52.3 Å². The summed E-state index contributed by atoms with van der Waals surface area (Å²) >= 11 is 0.897. The van der Waals surface area contributed by atoms with Gasteiger partial charge in [-0.15, -0.1) is 0 Å². The summed E-state index contributed by atoms with van der Waals surface area (Å²) in [6.45, 7) is 2.10. The third-order valence-electron chi connectivity index (χ3n) is 3.92. The van der Waals surface area contributed by atoms with Gasteiger partial charge in [-0.3, -0.25) is 14.5 Å². The van der Waals surface area contributed by atoms with Crippen LogP contribution in [-0.4, -0.2) is 40.8 Å². The van der Waals surface area contributed by atoms with E-state index in [0.717, 1.165) is 11.8 Å². The molecule has 1 aromatic heterocycles. The fraction of sp³-hybridized carbons (Fsp3) is 0.211. The number of thioether (sulfide) groups is 1. The summed E-state index contributed by atoms with van der Waals surface area (Å²) in [5.74, 6) is -0.425. The number of ether oxygens (including phenoxy) is 2. The van der Waals surface area contributed by atoms with E-state index in [1.54, 1.807) is 31.2 Å². The van der Waals surface area contributed by atoms with E-state index in [9.17, 15) is 14.4 Å². The van der Waals surface area contributed by atoms with Gasteiger partial charge in [-0.05, 0) is 54.6 Å². The van der Waals surface area contributed by atoms with Gasteiger partial charge in [0, 0.05) is 6.54 Å². The van der Waals surface area contributed by atoms with Crippen molar-refractivity contribution >= 4 is 35.0 Å². The Bertz CT molecular complexity index is 963. The first-order chi connectivity index (χ1) is 13.4. The van der Waals surface area contributed by atoms with Crippen LogP contribution in [0.3, 0.4) is 0 Å². The maximum absolute atomic E-state index is 12.2. The molecule has 2 heterocycles. The largest absolute Gasteiger partial charge is 0.493 e. The van der Waals surface area contributed by atoms with Gasteiger partial charge >= 0.3 is 5.97 Å². The second-order valence-electron chi connectivity index (χ2n) is 5.70. The summed E-state index contributed by atoms with van der Waals surface area (Å²) in [7, 11) is 1.48. The fourth-order valence-corrected chi connectivity index (χ4v) is 3.44. The zero-order valence-electron chi connectivity index (χ0n) is 15.1. The van der Waals surface area contributed by atoms with Crippen molar-refractivity contribution in [3.63, 3.8) is 0 Å². The van der Waals surface area contributed by atoms with Crippen LogP contribution < -0.4 is 9.47 Å². The van der Waals surface area contributed by atoms with Crippen molar-refractivity contribution < 1.29 is 33.4 Å². The van der Waals surface area contributed by atoms with Gasteiger partial charge in [-0.25, -0.2) is 4.79 Å². The zero-order valence-corrected chi connectivity index (χ0v) is 15.9. The Kier molecular flexibility index (Phi) is 5.74. The standard InChI is InChI=1S/C19H17NO7S/c1-3-20-17(21)16(28-19(20)24)9-11-4-6-13(15(8-11)25-2)26-10-12-5-7-14(27-12)18(22)23/h4-9H,3,10H2,1-2H3,(H,22,23). The van der Waals surface area contributed by atoms with Gasteiger partial charge < -0.3 is 19.0 Å². The minimum Gasteiger partial charge on any atom is -0.493 e. The predicted octanol–water partition coefficient (Wildman–Crippen LogP) is 3.62. The van der Waals surface area contributed by atoms with Crippen LogP contribution >= 0.6 is 11.8 Å². The second kappa shape index (κ2) is 8.22. The van der Waals surface area contributed by atoms with Crippen molar-refractivity contribution in [3.8, 4) is 11.5 Å². The average Bonchev–Trinajstić information content (AvgIpc) is 3.25. The molecule has 2 aromatic rings. The Hall–Kier alpha value is -3.20. The highest BCUT2D eigenvalue weighted by atomic mass is 32.2. The van der Waals surface area contributed by atoms with Crippen LogP contribution in [0.25, 0.3) is 6.08 Å². The SMILES string of the molecule is CCN1C(=O)SC(=Cc2ccc(OCc3ccc(C(=O)O)o3)c(OC)c2)C1=O. The van der Waals surface area contributed by atoms with E-state index >= 15 is 0 Å². The number of hydrogen-bond acceptors (Lipinski definition) is 7. The molecule has 9 heteroatoms. The Morgan fingerprint density at radius 3 is 2.64 bits per heavy atom. The van der Waals surface area contributed by atoms with Gasteiger partial charge in [0.2, 0.25) is 5.76 Å². The number of benzene rings is 1. The van der Waals surface area contributed by atoms with Crippen molar-refractivity contribution in [2.45, 2.75) is 13.5 Å². The van der Waals surface area contributed by atoms with Crippen molar-refractivity contribution in [1.29, 1.82) is 0 Å². The number of carboxylic acids is 1. The van der Waals surface area contributed by atoms with Crippen molar-refractivity contribution in [2.75, 3.05) is 13.7 Å². The molecular formula is C19H17NO7S. The van der Waals surface area contributed by atoms with Crippen LogP contribution in [0.15, 0.2) is 39.7 Å². The number of carbonyl (C=O) groups is 3. The molecule has 1 aliphatic heterocycles. The number of amides is 2. The summed E-state index contributed by atoms with van der Waals surface area (Å²) < 4.78 is 16.1. The molecule has 1 aromatic carbocycles. The number of carbonyl (C=O) groups excluding carboxylic acids is 2. The molecule has 1 fully saturated rings. The molecule has 0 radical (unpaired) electrons. The normalized spacial score (nSPS) is 15.4. The number of rotatable bonds is 7. The van der Waals surface area contributed by atoms with E-state index in [4.69, 9.17) is 19.0 Å². The Labute approximate surface area is 164 Å². The Morgan fingerprint density at radius 1 is 1.25 bits per heavy atom. The maximum atomic E-state index is 12.2. The molecular weight excluding hydrogens is 386 g/mol. The molecule has 1 saturated heterocycles. The van der Waals surface area contributed by atoms with Crippen LogP contribution in [0.5, 0.6) is 11.5 Å². The number of nitrogens with zero attached hydrogens (tertiary/aromatic N) is 1. The third-order valence-corrected chi connectivity index (χ3v) is 4.83. The maximum Gasteiger partial charge on any atom is 0.371 e. The molecule has 3 rings (SSSR count). The van der Waals surface area contributed by atoms with E-state index in [1.165, 1.54) is 24.1 Å². The number of aromatic carboxylic acids is 1. The molecule has 2 amide bonds. The number of hydrogen-bond donors (Lipinski definition) is 1. The molecule has 0 bridgehead atoms. The molecule has 146 valence electrons. The lowest BCUT2D eigenvalue weighted by molar-refractivity contribution is -0.122. The van der Waals surface area contributed by atoms with Crippen LogP contribution in [0.4, 0.5) is 4.79 Å². The molecule has 0 atom stereocenters. The quantitative estimate of drug-likeness (QED) is 0.699. The second-order valence-corrected chi connectivity index (χ2v) is 6.69. The molecule has 1 N–H and O–H groups in total. The fourth-order valence-electron chi connectivity index (χ4n) is 2.54. The highest BCUT2D eigenvalue weighted by Gasteiger charge is 2.33. The minimum atomic E-state index is -1.15. The first-order valence-corrected chi connectivity index (χ1v) is 9.12. The smallest absolute Gasteiger partial charge is 0.371 e. The Balaban J connectivity index is 1.75. The average molecular weight is 403 g/mol. The van der Waals surface area contributed by atoms with Crippen molar-refractivity contribution in [2.24, 2.45) is 0 Å². The topological polar surface area (TPSA) is 106 Å². The van der Waals surface area contributed by atoms with Gasteiger partial charge in [0.05, 0.1) is 12.0 Å². The zero-order chi connectivity index (χ0) is 20.3. The van der Waals surface area contributed by atoms with Crippen LogP contribution in [0, 0.1) is 0 Å². The molecule has 8 nitrogen and oxygen atoms in total. The van der Waals surface area contributed by atoms with Gasteiger partial charge in [0.1, 0.15) is 12.4 Å². The lowest BCUT2D eigenvalue weighted by Gasteiger charge is -2.10. The third kappa shape index (κ3) is 4.04. The van der Waals surface area contributed by atoms with Gasteiger partial charge in [0.25, 0.3) is 11.1 Å². The van der Waals surface area contributed by atoms with Crippen LogP contribution in [0.2, 0.25) is 0 Å². The molecule has 28 heavy (non-hydrogen) atoms.